The van der Waals surface area contributed by atoms with Crippen molar-refractivity contribution in [2.45, 2.75) is 19.9 Å². The summed E-state index contributed by atoms with van der Waals surface area (Å²) in [6.45, 7) is 3.77. The summed E-state index contributed by atoms with van der Waals surface area (Å²) in [4.78, 5) is 25.5. The molecule has 0 unspecified atom stereocenters. The maximum atomic E-state index is 12.2. The van der Waals surface area contributed by atoms with Gasteiger partial charge in [0.2, 0.25) is 0 Å². The lowest BCUT2D eigenvalue weighted by Crippen LogP contribution is -2.33. The number of carbonyl (C=O) groups is 2. The Bertz CT molecular complexity index is 634. The van der Waals surface area contributed by atoms with Crippen molar-refractivity contribution < 1.29 is 14.7 Å². The van der Waals surface area contributed by atoms with E-state index in [-0.39, 0.29) is 5.91 Å². The molecule has 0 aliphatic carbocycles. The van der Waals surface area contributed by atoms with E-state index in [0.717, 1.165) is 9.75 Å². The van der Waals surface area contributed by atoms with E-state index in [2.05, 4.69) is 5.32 Å². The first-order valence-corrected chi connectivity index (χ1v) is 6.96. The summed E-state index contributed by atoms with van der Waals surface area (Å²) in [6, 6.07) is 9.41. The summed E-state index contributed by atoms with van der Waals surface area (Å²) in [5.74, 6) is -1.43. The van der Waals surface area contributed by atoms with E-state index in [0.29, 0.717) is 11.1 Å². The molecule has 1 amide bonds. The summed E-state index contributed by atoms with van der Waals surface area (Å²) in [6.07, 6.45) is 0. The number of hydrogen-bond acceptors (Lipinski definition) is 3. The molecule has 1 aromatic carbocycles. The number of carboxylic acid groups (broad SMARTS) is 1. The Labute approximate surface area is 121 Å². The molecule has 2 N–H and O–H groups in total. The van der Waals surface area contributed by atoms with Gasteiger partial charge in [0, 0.05) is 9.75 Å². The van der Waals surface area contributed by atoms with Crippen LogP contribution in [0.4, 0.5) is 0 Å². The van der Waals surface area contributed by atoms with Gasteiger partial charge >= 0.3 is 5.97 Å². The number of aryl methyl sites for hydroxylation is 2. The van der Waals surface area contributed by atoms with Gasteiger partial charge < -0.3 is 10.4 Å². The lowest BCUT2D eigenvalue weighted by atomic mass is 10.1. The standard InChI is InChI=1S/C15H15NO3S/c1-9-8-12(10(2)20-9)14(17)16-13(15(18)19)11-6-4-3-5-7-11/h3-8,13H,1-2H3,(H,16,17)(H,18,19)/t13-/m0/s1. The van der Waals surface area contributed by atoms with Crippen LogP contribution in [0, 0.1) is 13.8 Å². The predicted molar refractivity (Wildman–Crippen MR) is 78.1 cm³/mol. The Kier molecular flexibility index (Phi) is 4.20. The minimum atomic E-state index is -1.07. The monoisotopic (exact) mass is 289 g/mol. The molecule has 104 valence electrons. The largest absolute Gasteiger partial charge is 0.479 e. The third-order valence-corrected chi connectivity index (χ3v) is 3.91. The molecule has 2 rings (SSSR count). The molecule has 0 fully saturated rings. The molecule has 0 saturated heterocycles. The van der Waals surface area contributed by atoms with E-state index in [1.54, 1.807) is 36.4 Å². The van der Waals surface area contributed by atoms with Crippen LogP contribution < -0.4 is 5.32 Å². The van der Waals surface area contributed by atoms with Gasteiger partial charge in [-0.1, -0.05) is 30.3 Å². The summed E-state index contributed by atoms with van der Waals surface area (Å²) in [7, 11) is 0. The average Bonchev–Trinajstić information content (AvgIpc) is 2.75. The quantitative estimate of drug-likeness (QED) is 0.909. The highest BCUT2D eigenvalue weighted by molar-refractivity contribution is 7.12. The minimum absolute atomic E-state index is 0.358. The molecule has 1 aromatic heterocycles. The fourth-order valence-corrected chi connectivity index (χ4v) is 2.92. The Morgan fingerprint density at radius 3 is 2.35 bits per heavy atom. The van der Waals surface area contributed by atoms with Crippen molar-refractivity contribution in [3.05, 3.63) is 57.3 Å². The first-order chi connectivity index (χ1) is 9.49. The molecule has 1 heterocycles. The number of hydrogen-bond donors (Lipinski definition) is 2. The smallest absolute Gasteiger partial charge is 0.330 e. The first-order valence-electron chi connectivity index (χ1n) is 6.14. The summed E-state index contributed by atoms with van der Waals surface area (Å²) < 4.78 is 0. The Morgan fingerprint density at radius 1 is 1.20 bits per heavy atom. The predicted octanol–water partition coefficient (Wildman–Crippen LogP) is 2.92. The Morgan fingerprint density at radius 2 is 1.85 bits per heavy atom. The molecule has 0 aliphatic heterocycles. The fraction of sp³-hybridized carbons (Fsp3) is 0.200. The van der Waals surface area contributed by atoms with Gasteiger partial charge in [-0.05, 0) is 25.5 Å². The number of rotatable bonds is 4. The molecule has 0 saturated carbocycles. The van der Waals surface area contributed by atoms with Crippen LogP contribution in [0.15, 0.2) is 36.4 Å². The van der Waals surface area contributed by atoms with Crippen molar-refractivity contribution in [1.82, 2.24) is 5.32 Å². The zero-order valence-electron chi connectivity index (χ0n) is 11.2. The number of carboxylic acids is 1. The lowest BCUT2D eigenvalue weighted by molar-refractivity contribution is -0.139. The highest BCUT2D eigenvalue weighted by Crippen LogP contribution is 2.22. The van der Waals surface area contributed by atoms with E-state index in [4.69, 9.17) is 0 Å². The van der Waals surface area contributed by atoms with Gasteiger partial charge in [-0.25, -0.2) is 4.79 Å². The normalized spacial score (nSPS) is 11.9. The summed E-state index contributed by atoms with van der Waals surface area (Å²) in [5, 5.41) is 11.9. The zero-order chi connectivity index (χ0) is 14.7. The van der Waals surface area contributed by atoms with Crippen LogP contribution in [0.5, 0.6) is 0 Å². The maximum absolute atomic E-state index is 12.2. The number of nitrogens with one attached hydrogen (secondary N) is 1. The highest BCUT2D eigenvalue weighted by Gasteiger charge is 2.23. The second-order valence-electron chi connectivity index (χ2n) is 4.48. The first kappa shape index (κ1) is 14.3. The number of aliphatic carboxylic acids is 1. The van der Waals surface area contributed by atoms with Crippen LogP contribution in [-0.4, -0.2) is 17.0 Å². The third kappa shape index (κ3) is 3.05. The van der Waals surface area contributed by atoms with Crippen LogP contribution in [0.25, 0.3) is 0 Å². The Hall–Kier alpha value is -2.14. The molecule has 0 radical (unpaired) electrons. The van der Waals surface area contributed by atoms with E-state index < -0.39 is 12.0 Å². The number of carbonyl (C=O) groups excluding carboxylic acids is 1. The van der Waals surface area contributed by atoms with Crippen LogP contribution >= 0.6 is 11.3 Å². The molecule has 0 bridgehead atoms. The number of amides is 1. The number of benzene rings is 1. The summed E-state index contributed by atoms with van der Waals surface area (Å²) in [5.41, 5.74) is 1.09. The zero-order valence-corrected chi connectivity index (χ0v) is 12.0. The van der Waals surface area contributed by atoms with Crippen molar-refractivity contribution >= 4 is 23.2 Å². The molecule has 0 spiro atoms. The van der Waals surface area contributed by atoms with E-state index in [1.807, 2.05) is 13.8 Å². The average molecular weight is 289 g/mol. The molecule has 5 heteroatoms. The SMILES string of the molecule is Cc1cc(C(=O)N[C@H](C(=O)O)c2ccccc2)c(C)s1. The second kappa shape index (κ2) is 5.88. The van der Waals surface area contributed by atoms with E-state index in [9.17, 15) is 14.7 Å². The minimum Gasteiger partial charge on any atom is -0.479 e. The van der Waals surface area contributed by atoms with Crippen LogP contribution in [0.2, 0.25) is 0 Å². The van der Waals surface area contributed by atoms with Gasteiger partial charge in [-0.3, -0.25) is 4.79 Å². The molecule has 1 atom stereocenters. The molecule has 4 nitrogen and oxygen atoms in total. The van der Waals surface area contributed by atoms with Crippen molar-refractivity contribution in [1.29, 1.82) is 0 Å². The van der Waals surface area contributed by atoms with Crippen molar-refractivity contribution in [2.75, 3.05) is 0 Å². The van der Waals surface area contributed by atoms with Gasteiger partial charge in [0.05, 0.1) is 5.56 Å². The Balaban J connectivity index is 2.23. The molecule has 20 heavy (non-hydrogen) atoms. The van der Waals surface area contributed by atoms with Crippen LogP contribution in [-0.2, 0) is 4.79 Å². The molecule has 2 aromatic rings. The fourth-order valence-electron chi connectivity index (χ4n) is 2.00. The topological polar surface area (TPSA) is 66.4 Å². The van der Waals surface area contributed by atoms with E-state index >= 15 is 0 Å². The highest BCUT2D eigenvalue weighted by atomic mass is 32.1. The molecular formula is C15H15NO3S. The van der Waals surface area contributed by atoms with Gasteiger partial charge in [0.25, 0.3) is 5.91 Å². The van der Waals surface area contributed by atoms with Gasteiger partial charge in [-0.2, -0.15) is 0 Å². The van der Waals surface area contributed by atoms with Crippen molar-refractivity contribution in [2.24, 2.45) is 0 Å². The van der Waals surface area contributed by atoms with Gasteiger partial charge in [0.1, 0.15) is 0 Å². The maximum Gasteiger partial charge on any atom is 0.330 e. The van der Waals surface area contributed by atoms with E-state index in [1.165, 1.54) is 11.3 Å². The lowest BCUT2D eigenvalue weighted by Gasteiger charge is -2.14. The molecule has 0 aliphatic rings. The van der Waals surface area contributed by atoms with Crippen molar-refractivity contribution in [3.8, 4) is 0 Å². The third-order valence-electron chi connectivity index (χ3n) is 2.94. The van der Waals surface area contributed by atoms with Crippen molar-refractivity contribution in [3.63, 3.8) is 0 Å². The molecular weight excluding hydrogens is 274 g/mol. The van der Waals surface area contributed by atoms with Crippen LogP contribution in [0.1, 0.15) is 31.7 Å². The van der Waals surface area contributed by atoms with Gasteiger partial charge in [-0.15, -0.1) is 11.3 Å². The van der Waals surface area contributed by atoms with Crippen LogP contribution in [0.3, 0.4) is 0 Å². The van der Waals surface area contributed by atoms with Gasteiger partial charge in [0.15, 0.2) is 6.04 Å². The summed E-state index contributed by atoms with van der Waals surface area (Å²) >= 11 is 1.52. The second-order valence-corrected chi connectivity index (χ2v) is 5.94. The number of thiophene rings is 1.